The zero-order valence-corrected chi connectivity index (χ0v) is 6.03. The quantitative estimate of drug-likeness (QED) is 0.499. The van der Waals surface area contributed by atoms with Crippen LogP contribution in [-0.2, 0) is 0 Å². The minimum atomic E-state index is -0.887. The van der Waals surface area contributed by atoms with Gasteiger partial charge < -0.3 is 15.3 Å². The van der Waals surface area contributed by atoms with Crippen molar-refractivity contribution < 1.29 is 15.3 Å². The molecule has 0 aromatic heterocycles. The molecule has 0 amide bonds. The van der Waals surface area contributed by atoms with E-state index in [1.165, 1.54) is 0 Å². The molecule has 0 bridgehead atoms. The predicted octanol–water partition coefficient (Wildman–Crippen LogP) is -0.260. The number of halogens is 1. The first-order valence-corrected chi connectivity index (χ1v) is 3.79. The number of rotatable bonds is 3. The summed E-state index contributed by atoms with van der Waals surface area (Å²) in [6.07, 6.45) is -0.243. The Morgan fingerprint density at radius 3 is 1.12 bits per heavy atom. The Bertz CT molecular complexity index is 36.0. The lowest BCUT2D eigenvalue weighted by molar-refractivity contribution is 0.319. The highest BCUT2D eigenvalue weighted by molar-refractivity contribution is 7.56. The van der Waals surface area contributed by atoms with Gasteiger partial charge in [-0.1, -0.05) is 0 Å². The van der Waals surface area contributed by atoms with E-state index < -0.39 is 7.92 Å². The van der Waals surface area contributed by atoms with Gasteiger partial charge in [0, 0.05) is 0 Å². The predicted molar refractivity (Wildman–Crippen MR) is 35.4 cm³/mol. The zero-order chi connectivity index (χ0) is 5.70. The summed E-state index contributed by atoms with van der Waals surface area (Å²) in [5.74, 6) is 0. The second-order valence-corrected chi connectivity index (χ2v) is 3.29. The maximum atomic E-state index is 8.23. The third kappa shape index (κ3) is 4.75. The first kappa shape index (κ1) is 11.4. The van der Waals surface area contributed by atoms with Crippen molar-refractivity contribution in [2.75, 3.05) is 19.0 Å². The lowest BCUT2D eigenvalue weighted by Gasteiger charge is -2.03. The van der Waals surface area contributed by atoms with Crippen LogP contribution in [0.2, 0.25) is 0 Å². The average Bonchev–Trinajstić information content (AvgIpc) is 1.72. The van der Waals surface area contributed by atoms with Gasteiger partial charge in [0.2, 0.25) is 0 Å². The van der Waals surface area contributed by atoms with Gasteiger partial charge in [0.25, 0.3) is 0 Å². The molecule has 0 radical (unpaired) electrons. The van der Waals surface area contributed by atoms with Gasteiger partial charge in [0.05, 0.1) is 19.0 Å². The van der Waals surface area contributed by atoms with E-state index in [4.69, 9.17) is 15.3 Å². The van der Waals surface area contributed by atoms with Gasteiger partial charge in [0.15, 0.2) is 0 Å². The van der Waals surface area contributed by atoms with Crippen LogP contribution in [0.5, 0.6) is 0 Å². The molecule has 0 rings (SSSR count). The van der Waals surface area contributed by atoms with Crippen molar-refractivity contribution in [3.63, 3.8) is 0 Å². The highest BCUT2D eigenvalue weighted by atomic mass is 35.5. The molecule has 3 N–H and O–H groups in total. The van der Waals surface area contributed by atoms with Crippen LogP contribution in [0.3, 0.4) is 0 Å². The van der Waals surface area contributed by atoms with E-state index in [9.17, 15) is 0 Å². The molecule has 3 nitrogen and oxygen atoms in total. The Hall–Kier alpha value is 0.600. The van der Waals surface area contributed by atoms with Crippen LogP contribution in [0.1, 0.15) is 0 Å². The number of hydrogen-bond acceptors (Lipinski definition) is 3. The average molecular weight is 161 g/mol. The van der Waals surface area contributed by atoms with E-state index in [-0.39, 0.29) is 31.5 Å². The van der Waals surface area contributed by atoms with E-state index in [1.807, 2.05) is 0 Å². The van der Waals surface area contributed by atoms with Crippen molar-refractivity contribution in [2.45, 2.75) is 0 Å². The van der Waals surface area contributed by atoms with Crippen molar-refractivity contribution >= 4 is 20.3 Å². The summed E-state index contributed by atoms with van der Waals surface area (Å²) in [5, 5.41) is 24.7. The van der Waals surface area contributed by atoms with Gasteiger partial charge >= 0.3 is 0 Å². The molecular weight excluding hydrogens is 150 g/mol. The van der Waals surface area contributed by atoms with Gasteiger partial charge in [-0.05, 0) is 7.92 Å². The molecule has 8 heavy (non-hydrogen) atoms. The normalized spacial score (nSPS) is 9.00. The van der Waals surface area contributed by atoms with Gasteiger partial charge in [-0.2, -0.15) is 0 Å². The SMILES string of the molecule is Cl.OCP(CO)CO. The standard InChI is InChI=1S/C3H9O3P.ClH/c4-1-7(2-5)3-6;/h4-6H,1-3H2;1H. The maximum Gasteiger partial charge on any atom is 0.0668 e. The summed E-state index contributed by atoms with van der Waals surface area (Å²) in [6, 6.07) is 0. The van der Waals surface area contributed by atoms with Crippen LogP contribution in [0.4, 0.5) is 0 Å². The Kier molecular flexibility index (Phi) is 10.8. The molecule has 0 unspecified atom stereocenters. The van der Waals surface area contributed by atoms with Crippen molar-refractivity contribution in [3.8, 4) is 0 Å². The van der Waals surface area contributed by atoms with Crippen LogP contribution in [0.25, 0.3) is 0 Å². The fourth-order valence-corrected chi connectivity index (χ4v) is 0.402. The minimum Gasteiger partial charge on any atom is -0.392 e. The maximum absolute atomic E-state index is 8.23. The second-order valence-electron chi connectivity index (χ2n) is 1.10. The largest absolute Gasteiger partial charge is 0.392 e. The van der Waals surface area contributed by atoms with Gasteiger partial charge in [-0.15, -0.1) is 12.4 Å². The third-order valence-electron chi connectivity index (χ3n) is 0.600. The van der Waals surface area contributed by atoms with E-state index in [0.29, 0.717) is 0 Å². The highest BCUT2D eigenvalue weighted by Gasteiger charge is 1.98. The van der Waals surface area contributed by atoms with Crippen LogP contribution >= 0.6 is 20.3 Å². The molecule has 0 aromatic carbocycles. The molecule has 0 fully saturated rings. The van der Waals surface area contributed by atoms with Crippen LogP contribution < -0.4 is 0 Å². The van der Waals surface area contributed by atoms with Gasteiger partial charge in [-0.25, -0.2) is 0 Å². The fraction of sp³-hybridized carbons (Fsp3) is 1.00. The number of hydrogen-bond donors (Lipinski definition) is 3. The van der Waals surface area contributed by atoms with Crippen molar-refractivity contribution in [1.29, 1.82) is 0 Å². The van der Waals surface area contributed by atoms with Crippen molar-refractivity contribution in [2.24, 2.45) is 0 Å². The summed E-state index contributed by atoms with van der Waals surface area (Å²) in [4.78, 5) is 0. The minimum absolute atomic E-state index is 0. The molecule has 52 valence electrons. The van der Waals surface area contributed by atoms with Gasteiger partial charge in [-0.3, -0.25) is 0 Å². The molecule has 0 heterocycles. The summed E-state index contributed by atoms with van der Waals surface area (Å²) >= 11 is 0. The molecule has 0 saturated carbocycles. The Labute approximate surface area is 55.5 Å². The van der Waals surface area contributed by atoms with Crippen LogP contribution in [0.15, 0.2) is 0 Å². The lowest BCUT2D eigenvalue weighted by atomic mass is 11.6. The lowest BCUT2D eigenvalue weighted by Crippen LogP contribution is -1.91. The molecule has 0 atom stereocenters. The highest BCUT2D eigenvalue weighted by Crippen LogP contribution is 2.29. The second kappa shape index (κ2) is 7.60. The van der Waals surface area contributed by atoms with E-state index >= 15 is 0 Å². The van der Waals surface area contributed by atoms with Gasteiger partial charge in [0.1, 0.15) is 0 Å². The first-order chi connectivity index (χ1) is 3.35. The zero-order valence-electron chi connectivity index (χ0n) is 4.32. The summed E-state index contributed by atoms with van der Waals surface area (Å²) in [7, 11) is -0.887. The van der Waals surface area contributed by atoms with Crippen molar-refractivity contribution in [3.05, 3.63) is 0 Å². The number of aliphatic hydroxyl groups is 3. The molecule has 0 aliphatic carbocycles. The molecule has 0 aromatic rings. The molecule has 5 heteroatoms. The summed E-state index contributed by atoms with van der Waals surface area (Å²) in [6.45, 7) is 0. The Morgan fingerprint density at radius 2 is 1.12 bits per heavy atom. The molecular formula is C3H10ClO3P. The molecule has 0 aliphatic heterocycles. The Morgan fingerprint density at radius 1 is 0.875 bits per heavy atom. The first-order valence-electron chi connectivity index (χ1n) is 1.90. The molecule has 0 saturated heterocycles. The van der Waals surface area contributed by atoms with Crippen molar-refractivity contribution in [1.82, 2.24) is 0 Å². The fourth-order valence-electron chi connectivity index (χ4n) is 0.134. The van der Waals surface area contributed by atoms with E-state index in [1.54, 1.807) is 0 Å². The number of aliphatic hydroxyl groups excluding tert-OH is 3. The van der Waals surface area contributed by atoms with Crippen LogP contribution in [0, 0.1) is 0 Å². The third-order valence-corrected chi connectivity index (χ3v) is 1.80. The van der Waals surface area contributed by atoms with Crippen LogP contribution in [-0.4, -0.2) is 34.4 Å². The monoisotopic (exact) mass is 160 g/mol. The topological polar surface area (TPSA) is 60.7 Å². The molecule has 0 spiro atoms. The summed E-state index contributed by atoms with van der Waals surface area (Å²) < 4.78 is 0. The smallest absolute Gasteiger partial charge is 0.0668 e. The van der Waals surface area contributed by atoms with E-state index in [0.717, 1.165) is 0 Å². The molecule has 0 aliphatic rings. The Balaban J connectivity index is 0. The van der Waals surface area contributed by atoms with E-state index in [2.05, 4.69) is 0 Å². The summed E-state index contributed by atoms with van der Waals surface area (Å²) in [5.41, 5.74) is 0.